The van der Waals surface area contributed by atoms with Gasteiger partial charge in [-0.3, -0.25) is 4.79 Å². The number of pyridine rings is 1. The lowest BCUT2D eigenvalue weighted by molar-refractivity contribution is 0.415. The molecule has 1 aromatic heterocycles. The summed E-state index contributed by atoms with van der Waals surface area (Å²) >= 11 is 0. The van der Waals surface area contributed by atoms with Crippen LogP contribution >= 0.6 is 0 Å². The highest BCUT2D eigenvalue weighted by Crippen LogP contribution is 2.22. The summed E-state index contributed by atoms with van der Waals surface area (Å²) < 4.78 is 5.19. The number of fused-ring (bicyclic) bond motifs is 1. The van der Waals surface area contributed by atoms with Crippen molar-refractivity contribution in [1.29, 1.82) is 0 Å². The number of unbranched alkanes of at least 4 members (excludes halogenated alkanes) is 2. The number of rotatable bonds is 6. The van der Waals surface area contributed by atoms with Crippen LogP contribution < -0.4 is 10.2 Å². The normalized spacial score (nSPS) is 10.9. The molecule has 0 amide bonds. The monoisotopic (exact) mass is 321 g/mol. The molecule has 3 nitrogen and oxygen atoms in total. The van der Waals surface area contributed by atoms with E-state index in [1.165, 1.54) is 24.8 Å². The molecule has 0 saturated heterocycles. The van der Waals surface area contributed by atoms with Gasteiger partial charge < -0.3 is 9.72 Å². The zero-order valence-electron chi connectivity index (χ0n) is 14.3. The van der Waals surface area contributed by atoms with Gasteiger partial charge in [-0.1, -0.05) is 44.0 Å². The second-order valence-electron chi connectivity index (χ2n) is 6.11. The van der Waals surface area contributed by atoms with Crippen LogP contribution in [0.15, 0.2) is 53.3 Å². The smallest absolute Gasteiger partial charge is 0.190 e. The van der Waals surface area contributed by atoms with Crippen molar-refractivity contribution in [2.75, 3.05) is 7.11 Å². The van der Waals surface area contributed by atoms with E-state index in [9.17, 15) is 4.79 Å². The van der Waals surface area contributed by atoms with E-state index in [0.717, 1.165) is 23.2 Å². The minimum Gasteiger partial charge on any atom is -0.497 e. The van der Waals surface area contributed by atoms with E-state index >= 15 is 0 Å². The van der Waals surface area contributed by atoms with Crippen molar-refractivity contribution in [2.24, 2.45) is 0 Å². The molecule has 1 N–H and O–H groups in total. The van der Waals surface area contributed by atoms with E-state index in [1.54, 1.807) is 19.2 Å². The number of aromatic amines is 1. The SMILES string of the molecule is CCCCCc1ccc(-c2cc(=O)c3cc(OC)ccc3[nH]2)cc1. The van der Waals surface area contributed by atoms with Crippen molar-refractivity contribution in [3.05, 3.63) is 64.3 Å². The number of aromatic nitrogens is 1. The third-order valence-corrected chi connectivity index (χ3v) is 4.37. The fourth-order valence-electron chi connectivity index (χ4n) is 2.94. The van der Waals surface area contributed by atoms with Crippen molar-refractivity contribution in [2.45, 2.75) is 32.6 Å². The van der Waals surface area contributed by atoms with Crippen LogP contribution in [0.5, 0.6) is 5.75 Å². The van der Waals surface area contributed by atoms with E-state index in [0.29, 0.717) is 11.1 Å². The molecule has 0 radical (unpaired) electrons. The molecule has 0 aliphatic rings. The van der Waals surface area contributed by atoms with E-state index in [1.807, 2.05) is 12.1 Å². The average Bonchev–Trinajstić information content (AvgIpc) is 2.62. The Kier molecular flexibility index (Phi) is 4.99. The van der Waals surface area contributed by atoms with Gasteiger partial charge in [-0.2, -0.15) is 0 Å². The number of nitrogens with one attached hydrogen (secondary N) is 1. The van der Waals surface area contributed by atoms with Crippen LogP contribution in [0.25, 0.3) is 22.2 Å². The molecule has 0 unspecified atom stereocenters. The largest absolute Gasteiger partial charge is 0.497 e. The first kappa shape index (κ1) is 16.3. The molecule has 2 aromatic carbocycles. The number of aryl methyl sites for hydroxylation is 1. The van der Waals surface area contributed by atoms with Gasteiger partial charge in [0.1, 0.15) is 5.75 Å². The van der Waals surface area contributed by atoms with Gasteiger partial charge in [0.15, 0.2) is 5.43 Å². The highest BCUT2D eigenvalue weighted by Gasteiger charge is 2.06. The molecule has 0 bridgehead atoms. The van der Waals surface area contributed by atoms with Crippen LogP contribution in [-0.2, 0) is 6.42 Å². The molecule has 0 aliphatic carbocycles. The van der Waals surface area contributed by atoms with Gasteiger partial charge >= 0.3 is 0 Å². The highest BCUT2D eigenvalue weighted by molar-refractivity contribution is 5.82. The number of benzene rings is 2. The molecule has 0 atom stereocenters. The Morgan fingerprint density at radius 3 is 2.50 bits per heavy atom. The van der Waals surface area contributed by atoms with Gasteiger partial charge in [0, 0.05) is 22.7 Å². The van der Waals surface area contributed by atoms with Gasteiger partial charge in [0.2, 0.25) is 0 Å². The zero-order chi connectivity index (χ0) is 16.9. The van der Waals surface area contributed by atoms with Gasteiger partial charge in [-0.05, 0) is 42.2 Å². The van der Waals surface area contributed by atoms with Crippen LogP contribution in [0, 0.1) is 0 Å². The molecule has 0 aliphatic heterocycles. The van der Waals surface area contributed by atoms with Gasteiger partial charge in [-0.15, -0.1) is 0 Å². The first-order valence-corrected chi connectivity index (χ1v) is 8.51. The van der Waals surface area contributed by atoms with Gasteiger partial charge in [0.05, 0.1) is 7.11 Å². The first-order chi connectivity index (χ1) is 11.7. The van der Waals surface area contributed by atoms with E-state index < -0.39 is 0 Å². The molecule has 0 saturated carbocycles. The summed E-state index contributed by atoms with van der Waals surface area (Å²) in [5.74, 6) is 0.692. The van der Waals surface area contributed by atoms with Gasteiger partial charge in [0.25, 0.3) is 0 Å². The number of H-pyrrole nitrogens is 1. The highest BCUT2D eigenvalue weighted by atomic mass is 16.5. The third-order valence-electron chi connectivity index (χ3n) is 4.37. The fourth-order valence-corrected chi connectivity index (χ4v) is 2.94. The predicted molar refractivity (Wildman–Crippen MR) is 99.8 cm³/mol. The topological polar surface area (TPSA) is 42.1 Å². The van der Waals surface area contributed by atoms with Crippen molar-refractivity contribution in [1.82, 2.24) is 4.98 Å². The van der Waals surface area contributed by atoms with E-state index in [2.05, 4.69) is 36.2 Å². The standard InChI is InChI=1S/C21H23NO2/c1-3-4-5-6-15-7-9-16(10-8-15)20-14-21(23)18-13-17(24-2)11-12-19(18)22-20/h7-14H,3-6H2,1-2H3,(H,22,23). The molecular weight excluding hydrogens is 298 g/mol. The minimum absolute atomic E-state index is 0.00433. The summed E-state index contributed by atoms with van der Waals surface area (Å²) in [7, 11) is 1.60. The number of hydrogen-bond acceptors (Lipinski definition) is 2. The average molecular weight is 321 g/mol. The summed E-state index contributed by atoms with van der Waals surface area (Å²) in [6.07, 6.45) is 4.84. The van der Waals surface area contributed by atoms with E-state index in [-0.39, 0.29) is 5.43 Å². The summed E-state index contributed by atoms with van der Waals surface area (Å²) in [5, 5.41) is 0.647. The summed E-state index contributed by atoms with van der Waals surface area (Å²) in [6, 6.07) is 15.7. The molecule has 0 spiro atoms. The molecule has 124 valence electrons. The van der Waals surface area contributed by atoms with Crippen LogP contribution in [0.3, 0.4) is 0 Å². The molecule has 3 rings (SSSR count). The Hall–Kier alpha value is -2.55. The Morgan fingerprint density at radius 1 is 1.00 bits per heavy atom. The van der Waals surface area contributed by atoms with Crippen LogP contribution in [0.1, 0.15) is 31.7 Å². The Balaban J connectivity index is 1.90. The molecule has 3 heteroatoms. The fraction of sp³-hybridized carbons (Fsp3) is 0.286. The number of hydrogen-bond donors (Lipinski definition) is 1. The molecule has 3 aromatic rings. The number of ether oxygens (including phenoxy) is 1. The van der Waals surface area contributed by atoms with Gasteiger partial charge in [-0.25, -0.2) is 0 Å². The quantitative estimate of drug-likeness (QED) is 0.654. The molecule has 1 heterocycles. The third kappa shape index (κ3) is 3.51. The lowest BCUT2D eigenvalue weighted by Gasteiger charge is -2.07. The Morgan fingerprint density at radius 2 is 1.79 bits per heavy atom. The minimum atomic E-state index is 0.00433. The Bertz CT molecular complexity index is 878. The Labute approximate surface area is 142 Å². The molecule has 24 heavy (non-hydrogen) atoms. The lowest BCUT2D eigenvalue weighted by atomic mass is 10.0. The lowest BCUT2D eigenvalue weighted by Crippen LogP contribution is -2.03. The van der Waals surface area contributed by atoms with Crippen molar-refractivity contribution in [3.8, 4) is 17.0 Å². The number of methoxy groups -OCH3 is 1. The van der Waals surface area contributed by atoms with E-state index in [4.69, 9.17) is 4.74 Å². The van der Waals surface area contributed by atoms with Crippen LogP contribution in [0.4, 0.5) is 0 Å². The summed E-state index contributed by atoms with van der Waals surface area (Å²) in [5.41, 5.74) is 4.05. The maximum Gasteiger partial charge on any atom is 0.190 e. The summed E-state index contributed by atoms with van der Waals surface area (Å²) in [6.45, 7) is 2.22. The zero-order valence-corrected chi connectivity index (χ0v) is 14.3. The summed E-state index contributed by atoms with van der Waals surface area (Å²) in [4.78, 5) is 15.8. The first-order valence-electron chi connectivity index (χ1n) is 8.51. The second-order valence-corrected chi connectivity index (χ2v) is 6.11. The maximum absolute atomic E-state index is 12.4. The van der Waals surface area contributed by atoms with Crippen molar-refractivity contribution in [3.63, 3.8) is 0 Å². The van der Waals surface area contributed by atoms with Crippen LogP contribution in [0.2, 0.25) is 0 Å². The predicted octanol–water partition coefficient (Wildman–Crippen LogP) is 4.94. The molecular formula is C21H23NO2. The van der Waals surface area contributed by atoms with Crippen molar-refractivity contribution >= 4 is 10.9 Å². The molecule has 0 fully saturated rings. The second kappa shape index (κ2) is 7.35. The maximum atomic E-state index is 12.4. The van der Waals surface area contributed by atoms with Crippen molar-refractivity contribution < 1.29 is 4.74 Å². The van der Waals surface area contributed by atoms with Crippen LogP contribution in [-0.4, -0.2) is 12.1 Å².